The van der Waals surface area contributed by atoms with Gasteiger partial charge in [-0.2, -0.15) is 0 Å². The van der Waals surface area contributed by atoms with E-state index in [1.54, 1.807) is 12.3 Å². The summed E-state index contributed by atoms with van der Waals surface area (Å²) >= 11 is 0. The van der Waals surface area contributed by atoms with Crippen molar-refractivity contribution >= 4 is 11.9 Å². The fourth-order valence-electron chi connectivity index (χ4n) is 3.64. The van der Waals surface area contributed by atoms with E-state index in [1.807, 2.05) is 36.4 Å². The lowest BCUT2D eigenvalue weighted by Crippen LogP contribution is -2.21. The molecule has 0 radical (unpaired) electrons. The number of hydrogen-bond acceptors (Lipinski definition) is 3. The Bertz CT molecular complexity index is 1090. The Morgan fingerprint density at radius 2 is 1.56 bits per heavy atom. The number of phenolic OH excluding ortho intramolecular Hbond substituents is 1. The van der Waals surface area contributed by atoms with Gasteiger partial charge in [-0.25, -0.2) is 0 Å². The third-order valence-corrected chi connectivity index (χ3v) is 5.72. The summed E-state index contributed by atoms with van der Waals surface area (Å²) in [5, 5.41) is 11.1. The van der Waals surface area contributed by atoms with Crippen LogP contribution in [0.4, 0.5) is 5.69 Å². The molecule has 0 spiro atoms. The minimum atomic E-state index is -0.221. The summed E-state index contributed by atoms with van der Waals surface area (Å²) in [4.78, 5) is 4.62. The number of hydrogen-bond donors (Lipinski definition) is 1. The summed E-state index contributed by atoms with van der Waals surface area (Å²) in [6.07, 6.45) is 3.46. The van der Waals surface area contributed by atoms with Gasteiger partial charge in [-0.1, -0.05) is 83.7 Å². The van der Waals surface area contributed by atoms with Crippen LogP contribution in [0.25, 0.3) is 0 Å². The molecule has 166 valence electrons. The highest BCUT2D eigenvalue weighted by Gasteiger charge is 2.28. The Kier molecular flexibility index (Phi) is 6.88. The van der Waals surface area contributed by atoms with Crippen LogP contribution in [0.15, 0.2) is 84.4 Å². The lowest BCUT2D eigenvalue weighted by molar-refractivity contribution is 0.363. The van der Waals surface area contributed by atoms with Gasteiger partial charge in [-0.05, 0) is 46.9 Å². The van der Waals surface area contributed by atoms with Crippen molar-refractivity contribution in [2.24, 2.45) is 4.99 Å². The molecule has 3 rings (SSSR count). The highest BCUT2D eigenvalue weighted by molar-refractivity contribution is 5.87. The van der Waals surface area contributed by atoms with E-state index in [-0.39, 0.29) is 16.6 Å². The van der Waals surface area contributed by atoms with E-state index in [0.29, 0.717) is 12.2 Å². The van der Waals surface area contributed by atoms with Crippen molar-refractivity contribution in [3.63, 3.8) is 0 Å². The minimum absolute atomic E-state index is 0.209. The Morgan fingerprint density at radius 1 is 0.906 bits per heavy atom. The lowest BCUT2D eigenvalue weighted by Gasteiger charge is -2.30. The van der Waals surface area contributed by atoms with Gasteiger partial charge in [0.15, 0.2) is 0 Å². The highest BCUT2D eigenvalue weighted by Crippen LogP contribution is 2.39. The second-order valence-corrected chi connectivity index (χ2v) is 9.55. The average molecular weight is 428 g/mol. The van der Waals surface area contributed by atoms with Crippen LogP contribution in [0.1, 0.15) is 56.9 Å². The molecule has 3 nitrogen and oxygen atoms in total. The number of rotatable bonds is 7. The van der Waals surface area contributed by atoms with Crippen LogP contribution >= 0.6 is 0 Å². The van der Waals surface area contributed by atoms with Crippen molar-refractivity contribution in [3.05, 3.63) is 102 Å². The van der Waals surface area contributed by atoms with Gasteiger partial charge in [0.2, 0.25) is 0 Å². The number of nitrogens with zero attached hydrogens (tertiary/aromatic N) is 1. The first-order valence-corrected chi connectivity index (χ1v) is 10.9. The van der Waals surface area contributed by atoms with Crippen molar-refractivity contribution < 1.29 is 9.84 Å². The Morgan fingerprint density at radius 3 is 2.16 bits per heavy atom. The van der Waals surface area contributed by atoms with E-state index >= 15 is 0 Å². The van der Waals surface area contributed by atoms with E-state index in [1.165, 1.54) is 5.56 Å². The van der Waals surface area contributed by atoms with Crippen molar-refractivity contribution in [2.75, 3.05) is 6.61 Å². The monoisotopic (exact) mass is 427 g/mol. The quantitative estimate of drug-likeness (QED) is 0.317. The molecule has 0 amide bonds. The van der Waals surface area contributed by atoms with Crippen LogP contribution in [0.3, 0.4) is 0 Å². The molecule has 0 aliphatic rings. The predicted molar refractivity (Wildman–Crippen MR) is 135 cm³/mol. The number of aromatic hydroxyl groups is 1. The molecule has 32 heavy (non-hydrogen) atoms. The summed E-state index contributed by atoms with van der Waals surface area (Å²) in [5.41, 5.74) is 4.35. The molecule has 0 bridgehead atoms. The van der Waals surface area contributed by atoms with Gasteiger partial charge in [-0.15, -0.1) is 0 Å². The fraction of sp³-hybridized carbons (Fsp3) is 0.276. The van der Waals surface area contributed by atoms with Gasteiger partial charge in [0.25, 0.3) is 0 Å². The maximum atomic E-state index is 11.1. The Hall–Kier alpha value is -3.33. The zero-order valence-electron chi connectivity index (χ0n) is 19.7. The fourth-order valence-corrected chi connectivity index (χ4v) is 3.64. The number of aliphatic imine (C=N–C) groups is 1. The molecule has 0 saturated carbocycles. The van der Waals surface area contributed by atoms with Crippen LogP contribution in [0.5, 0.6) is 11.5 Å². The maximum absolute atomic E-state index is 11.1. The third kappa shape index (κ3) is 5.28. The van der Waals surface area contributed by atoms with Crippen LogP contribution in [0.2, 0.25) is 0 Å². The maximum Gasteiger partial charge on any atom is 0.128 e. The van der Waals surface area contributed by atoms with Gasteiger partial charge in [0.1, 0.15) is 18.1 Å². The van der Waals surface area contributed by atoms with E-state index in [2.05, 4.69) is 76.5 Å². The molecule has 3 aromatic rings. The zero-order valence-corrected chi connectivity index (χ0v) is 19.7. The molecule has 0 aliphatic heterocycles. The van der Waals surface area contributed by atoms with Gasteiger partial charge >= 0.3 is 0 Å². The topological polar surface area (TPSA) is 41.8 Å². The van der Waals surface area contributed by atoms with Crippen LogP contribution in [-0.2, 0) is 10.8 Å². The molecule has 1 N–H and O–H groups in total. The van der Waals surface area contributed by atoms with Crippen molar-refractivity contribution in [3.8, 4) is 11.5 Å². The first-order chi connectivity index (χ1) is 15.1. The molecule has 3 aromatic carbocycles. The third-order valence-electron chi connectivity index (χ3n) is 5.72. The predicted octanol–water partition coefficient (Wildman–Crippen LogP) is 7.33. The summed E-state index contributed by atoms with van der Waals surface area (Å²) in [6.45, 7) is 14.9. The number of benzene rings is 3. The molecular formula is C29H33NO2. The average Bonchev–Trinajstić information content (AvgIpc) is 2.77. The summed E-state index contributed by atoms with van der Waals surface area (Å²) in [7, 11) is 0. The van der Waals surface area contributed by atoms with E-state index in [9.17, 15) is 5.11 Å². The lowest BCUT2D eigenvalue weighted by atomic mass is 9.74. The van der Waals surface area contributed by atoms with E-state index in [4.69, 9.17) is 4.74 Å². The second kappa shape index (κ2) is 9.44. The van der Waals surface area contributed by atoms with E-state index < -0.39 is 0 Å². The van der Waals surface area contributed by atoms with Gasteiger partial charge < -0.3 is 9.84 Å². The van der Waals surface area contributed by atoms with Gasteiger partial charge in [0.05, 0.1) is 5.69 Å². The van der Waals surface area contributed by atoms with Crippen LogP contribution in [0, 0.1) is 0 Å². The molecule has 0 atom stereocenters. The largest absolute Gasteiger partial charge is 0.507 e. The summed E-state index contributed by atoms with van der Waals surface area (Å²) in [6, 6.07) is 22.2. The van der Waals surface area contributed by atoms with Crippen molar-refractivity contribution in [1.29, 1.82) is 0 Å². The second-order valence-electron chi connectivity index (χ2n) is 9.55. The molecule has 0 unspecified atom stereocenters. The summed E-state index contributed by atoms with van der Waals surface area (Å²) < 4.78 is 5.53. The summed E-state index contributed by atoms with van der Waals surface area (Å²) in [5.74, 6) is 1.05. The molecule has 0 aliphatic carbocycles. The first-order valence-electron chi connectivity index (χ1n) is 10.9. The smallest absolute Gasteiger partial charge is 0.128 e. The Labute approximate surface area is 192 Å². The zero-order chi connectivity index (χ0) is 23.4. The Balaban J connectivity index is 2.02. The molecule has 3 heteroatoms. The van der Waals surface area contributed by atoms with Crippen LogP contribution in [-0.4, -0.2) is 17.9 Å². The van der Waals surface area contributed by atoms with Crippen molar-refractivity contribution in [2.45, 2.75) is 45.4 Å². The molecule has 0 heterocycles. The SMILES string of the molecule is C=CCOc1ccc(N=Cc2cc(C(C)(C)c3ccccc3)cc(C(C)(C)C)c2O)cc1. The molecule has 0 fully saturated rings. The molecule has 0 saturated heterocycles. The first kappa shape index (κ1) is 23.3. The van der Waals surface area contributed by atoms with E-state index in [0.717, 1.165) is 22.6 Å². The number of phenols is 1. The van der Waals surface area contributed by atoms with Gasteiger partial charge in [0, 0.05) is 22.8 Å². The highest BCUT2D eigenvalue weighted by atomic mass is 16.5. The minimum Gasteiger partial charge on any atom is -0.507 e. The molecule has 0 aromatic heterocycles. The molecular weight excluding hydrogens is 394 g/mol. The number of ether oxygens (including phenoxy) is 1. The van der Waals surface area contributed by atoms with Gasteiger partial charge in [-0.3, -0.25) is 4.99 Å². The van der Waals surface area contributed by atoms with Crippen LogP contribution < -0.4 is 4.74 Å². The normalized spacial score (nSPS) is 12.2. The van der Waals surface area contributed by atoms with Crippen molar-refractivity contribution in [1.82, 2.24) is 0 Å². The standard InChI is InChI=1S/C29H33NO2/c1-7-17-32-25-15-13-24(14-16-25)30-20-21-18-23(19-26(27(21)31)28(2,3)4)29(5,6)22-11-9-8-10-12-22/h7-16,18-20,31H,1,17H2,2-6H3.